The summed E-state index contributed by atoms with van der Waals surface area (Å²) in [6.07, 6.45) is 0. The monoisotopic (exact) mass is 571 g/mol. The van der Waals surface area contributed by atoms with Crippen LogP contribution in [0.1, 0.15) is 24.2 Å². The predicted molar refractivity (Wildman–Crippen MR) is 109 cm³/mol. The van der Waals surface area contributed by atoms with E-state index in [9.17, 15) is 14.4 Å². The van der Waals surface area contributed by atoms with Crippen molar-refractivity contribution in [3.05, 3.63) is 35.9 Å². The van der Waals surface area contributed by atoms with E-state index >= 15 is 0 Å². The second kappa shape index (κ2) is 6.42. The van der Waals surface area contributed by atoms with Crippen LogP contribution >= 0.6 is 56.9 Å². The summed E-state index contributed by atoms with van der Waals surface area (Å²) >= 11 is 5.86. The molecule has 8 heteroatoms. The van der Waals surface area contributed by atoms with E-state index in [1.807, 2.05) is 19.9 Å². The molecule has 0 aliphatic carbocycles. The van der Waals surface area contributed by atoms with Crippen molar-refractivity contribution < 1.29 is 19.1 Å². The molecule has 2 atom stereocenters. The average Bonchev–Trinajstić information content (AvgIpc) is 2.83. The number of carbonyl (C=O) groups excluding carboxylic acids is 3. The molecule has 2 heterocycles. The van der Waals surface area contributed by atoms with Gasteiger partial charge in [0.2, 0.25) is 0 Å². The van der Waals surface area contributed by atoms with Crippen LogP contribution in [-0.4, -0.2) is 46.8 Å². The first-order chi connectivity index (χ1) is 11.2. The summed E-state index contributed by atoms with van der Waals surface area (Å²) in [5, 5.41) is -0.0522. The Morgan fingerprint density at radius 1 is 1.25 bits per heavy atom. The van der Waals surface area contributed by atoms with E-state index in [4.69, 9.17) is 4.74 Å². The Kier molecular flexibility index (Phi) is 4.93. The second-order valence-corrected chi connectivity index (χ2v) is 13.4. The molecule has 1 aromatic rings. The van der Waals surface area contributed by atoms with Crippen molar-refractivity contribution in [3.63, 3.8) is 0 Å². The number of alkyl halides is 2. The smallest absolute Gasteiger partial charge is 0.330 e. The fraction of sp³-hybridized carbons (Fsp3) is 0.438. The van der Waals surface area contributed by atoms with Crippen molar-refractivity contribution in [2.75, 3.05) is 6.61 Å². The Labute approximate surface area is 171 Å². The van der Waals surface area contributed by atoms with Gasteiger partial charge in [-0.1, -0.05) is 75.5 Å². The lowest BCUT2D eigenvalue weighted by Gasteiger charge is -2.46. The number of ether oxygens (including phenoxy) is 1. The van der Waals surface area contributed by atoms with Crippen molar-refractivity contribution in [1.82, 2.24) is 4.90 Å². The fourth-order valence-corrected chi connectivity index (χ4v) is 6.30. The van der Waals surface area contributed by atoms with Gasteiger partial charge in [0, 0.05) is 10.3 Å². The quantitative estimate of drug-likeness (QED) is 0.183. The van der Waals surface area contributed by atoms with Gasteiger partial charge in [-0.05, 0) is 13.8 Å². The zero-order valence-corrected chi connectivity index (χ0v) is 18.1. The van der Waals surface area contributed by atoms with Crippen LogP contribution in [0.25, 0.3) is 0 Å². The topological polar surface area (TPSA) is 63.7 Å². The van der Waals surface area contributed by atoms with Gasteiger partial charge in [0.15, 0.2) is 13.8 Å². The van der Waals surface area contributed by atoms with Gasteiger partial charge < -0.3 is 9.64 Å². The molecule has 0 radical (unpaired) electrons. The first-order valence-electron chi connectivity index (χ1n) is 7.29. The Bertz CT molecular complexity index is 707. The van der Waals surface area contributed by atoms with Crippen molar-refractivity contribution in [3.8, 4) is 0 Å². The maximum Gasteiger partial charge on any atom is 0.330 e. The molecule has 5 nitrogen and oxygen atoms in total. The van der Waals surface area contributed by atoms with Crippen LogP contribution < -0.4 is 0 Å². The van der Waals surface area contributed by atoms with Crippen molar-refractivity contribution in [2.45, 2.75) is 31.4 Å². The highest BCUT2D eigenvalue weighted by Gasteiger charge is 2.70. The summed E-state index contributed by atoms with van der Waals surface area (Å²) in [7, 11) is 0. The Morgan fingerprint density at radius 2 is 1.88 bits per heavy atom. The van der Waals surface area contributed by atoms with Gasteiger partial charge in [-0.25, -0.2) is 4.79 Å². The van der Waals surface area contributed by atoms with Crippen LogP contribution in [0.5, 0.6) is 0 Å². The Hall–Kier alpha value is -0.360. The Morgan fingerprint density at radius 3 is 2.50 bits per heavy atom. The maximum atomic E-state index is 12.6. The molecule has 0 bridgehead atoms. The van der Waals surface area contributed by atoms with E-state index in [0.29, 0.717) is 5.56 Å². The summed E-state index contributed by atoms with van der Waals surface area (Å²) in [6, 6.07) is 8.03. The molecule has 0 unspecified atom stereocenters. The highest BCUT2D eigenvalue weighted by atomic mass is 127. The fourth-order valence-electron chi connectivity index (χ4n) is 2.88. The minimum Gasteiger partial charge on any atom is -0.456 e. The summed E-state index contributed by atoms with van der Waals surface area (Å²) in [6.45, 7) is 3.54. The molecule has 2 aliphatic heterocycles. The number of hydrogen-bond acceptors (Lipinski definition) is 5. The van der Waals surface area contributed by atoms with E-state index in [0.717, 1.165) is 0 Å². The van der Waals surface area contributed by atoms with Gasteiger partial charge in [0.05, 0.1) is 0 Å². The number of amides is 1. The maximum absolute atomic E-state index is 12.6. The standard InChI is InChI=1S/C16H15I2NO4S/c1-15(2)11(19-13(22)16(17,18)14(19)24-15)12(21)23-8-10(20)9-6-4-3-5-7-9/h3-7,11,14H,8H2,1-2H3/t11-,14+/m0/s1. The number of fused-ring (bicyclic) bond motifs is 1. The number of esters is 1. The van der Waals surface area contributed by atoms with Crippen molar-refractivity contribution in [1.29, 1.82) is 0 Å². The molecule has 0 N–H and O–H groups in total. The van der Waals surface area contributed by atoms with Crippen molar-refractivity contribution in [2.24, 2.45) is 0 Å². The molecule has 1 amide bonds. The Balaban J connectivity index is 1.69. The number of benzene rings is 1. The molecule has 2 aliphatic rings. The normalized spacial score (nSPS) is 26.5. The molecule has 128 valence electrons. The number of nitrogens with zero attached hydrogens (tertiary/aromatic N) is 1. The molecule has 3 rings (SSSR count). The summed E-state index contributed by atoms with van der Waals surface area (Å²) in [4.78, 5) is 38.6. The lowest BCUT2D eigenvalue weighted by Crippen LogP contribution is -2.68. The van der Waals surface area contributed by atoms with Gasteiger partial charge in [-0.3, -0.25) is 9.59 Å². The number of hydrogen-bond donors (Lipinski definition) is 0. The number of carbonyl (C=O) groups is 3. The van der Waals surface area contributed by atoms with Gasteiger partial charge in [0.1, 0.15) is 11.4 Å². The highest BCUT2D eigenvalue weighted by molar-refractivity contribution is 14.2. The second-order valence-electron chi connectivity index (χ2n) is 6.21. The largest absolute Gasteiger partial charge is 0.456 e. The lowest BCUT2D eigenvalue weighted by molar-refractivity contribution is -0.159. The number of β-lactam (4-membered cyclic amide) rings is 1. The van der Waals surface area contributed by atoms with E-state index in [1.54, 1.807) is 40.9 Å². The highest BCUT2D eigenvalue weighted by Crippen LogP contribution is 2.60. The summed E-state index contributed by atoms with van der Waals surface area (Å²) in [5.41, 5.74) is 0.502. The molecular weight excluding hydrogens is 556 g/mol. The first kappa shape index (κ1) is 18.4. The first-order valence-corrected chi connectivity index (χ1v) is 10.3. The van der Waals surface area contributed by atoms with E-state index in [2.05, 4.69) is 45.2 Å². The average molecular weight is 571 g/mol. The molecule has 2 fully saturated rings. The molecule has 0 saturated carbocycles. The number of halogens is 2. The van der Waals surface area contributed by atoms with Gasteiger partial charge in [-0.2, -0.15) is 0 Å². The zero-order valence-electron chi connectivity index (χ0n) is 13.0. The lowest BCUT2D eigenvalue weighted by atomic mass is 9.98. The molecule has 24 heavy (non-hydrogen) atoms. The van der Waals surface area contributed by atoms with Crippen LogP contribution in [0.4, 0.5) is 0 Å². The van der Waals surface area contributed by atoms with E-state index in [1.165, 1.54) is 0 Å². The minimum atomic E-state index is -0.666. The molecule has 1 aromatic carbocycles. The van der Waals surface area contributed by atoms with Gasteiger partial charge in [0.25, 0.3) is 5.91 Å². The molecular formula is C16H15I2NO4S. The third-order valence-electron chi connectivity index (χ3n) is 4.10. The third-order valence-corrected chi connectivity index (χ3v) is 8.68. The number of rotatable bonds is 4. The van der Waals surface area contributed by atoms with Crippen LogP contribution in [-0.2, 0) is 14.3 Å². The van der Waals surface area contributed by atoms with E-state index < -0.39 is 18.2 Å². The van der Waals surface area contributed by atoms with Gasteiger partial charge in [-0.15, -0.1) is 11.8 Å². The number of ketones is 1. The molecule has 0 spiro atoms. The number of thioether (sulfide) groups is 1. The number of Topliss-reactive ketones (excluding diaryl/α,β-unsaturated/α-hetero) is 1. The van der Waals surface area contributed by atoms with Crippen LogP contribution in [0.15, 0.2) is 30.3 Å². The summed E-state index contributed by atoms with van der Waals surface area (Å²) in [5.74, 6) is -0.838. The third kappa shape index (κ3) is 2.98. The van der Waals surface area contributed by atoms with Crippen LogP contribution in [0.2, 0.25) is 0 Å². The van der Waals surface area contributed by atoms with Gasteiger partial charge >= 0.3 is 5.97 Å². The predicted octanol–water partition coefficient (Wildman–Crippen LogP) is 3.04. The van der Waals surface area contributed by atoms with Crippen molar-refractivity contribution >= 4 is 74.6 Å². The van der Waals surface area contributed by atoms with Crippen LogP contribution in [0.3, 0.4) is 0 Å². The van der Waals surface area contributed by atoms with E-state index in [-0.39, 0.29) is 23.7 Å². The van der Waals surface area contributed by atoms with Crippen LogP contribution in [0, 0.1) is 0 Å². The SMILES string of the molecule is CC1(C)S[C@H]2N(C(=O)C2(I)I)[C@H]1C(=O)OCC(=O)c1ccccc1. The minimum absolute atomic E-state index is 0.0522. The zero-order chi connectivity index (χ0) is 17.7. The molecule has 0 aromatic heterocycles. The summed E-state index contributed by atoms with van der Waals surface area (Å²) < 4.78 is 4.27. The molecule has 2 saturated heterocycles.